The number of fused-ring (bicyclic) bond motifs is 1. The highest BCUT2D eigenvalue weighted by molar-refractivity contribution is 5.78. The van der Waals surface area contributed by atoms with Crippen molar-refractivity contribution in [3.05, 3.63) is 41.8 Å². The third-order valence-electron chi connectivity index (χ3n) is 5.20. The number of ether oxygens (including phenoxy) is 2. The molecule has 144 valence electrons. The number of morpholine rings is 1. The maximum atomic E-state index is 12.7. The molecule has 1 amide bonds. The van der Waals surface area contributed by atoms with Crippen molar-refractivity contribution in [2.45, 2.75) is 44.9 Å². The van der Waals surface area contributed by atoms with E-state index >= 15 is 0 Å². The molecule has 1 aliphatic carbocycles. The molecule has 27 heavy (non-hydrogen) atoms. The largest absolute Gasteiger partial charge is 0.376 e. The summed E-state index contributed by atoms with van der Waals surface area (Å²) < 4.78 is 16.9. The molecule has 8 heteroatoms. The Balaban J connectivity index is 1.30. The third kappa shape index (κ3) is 4.33. The average molecular weight is 372 g/mol. The van der Waals surface area contributed by atoms with Crippen molar-refractivity contribution in [3.63, 3.8) is 0 Å². The van der Waals surface area contributed by atoms with Crippen molar-refractivity contribution in [1.29, 1.82) is 0 Å². The summed E-state index contributed by atoms with van der Waals surface area (Å²) >= 11 is 0. The Kier molecular flexibility index (Phi) is 5.45. The van der Waals surface area contributed by atoms with Gasteiger partial charge in [0.1, 0.15) is 6.42 Å². The fraction of sp³-hybridized carbons (Fsp3) is 0.579. The molecule has 2 aromatic rings. The van der Waals surface area contributed by atoms with Gasteiger partial charge in [-0.25, -0.2) is 0 Å². The van der Waals surface area contributed by atoms with E-state index in [4.69, 9.17) is 14.0 Å². The topological polar surface area (TPSA) is 90.6 Å². The first-order chi connectivity index (χ1) is 13.2. The number of rotatable bonds is 6. The summed E-state index contributed by atoms with van der Waals surface area (Å²) in [6.45, 7) is 4.17. The maximum Gasteiger partial charge on any atom is 0.236 e. The first-order valence-corrected chi connectivity index (χ1v) is 9.36. The molecule has 8 nitrogen and oxygen atoms in total. The van der Waals surface area contributed by atoms with Crippen LogP contribution in [0, 0.1) is 12.8 Å². The monoisotopic (exact) mass is 372 g/mol. The van der Waals surface area contributed by atoms with E-state index in [1.165, 1.54) is 0 Å². The summed E-state index contributed by atoms with van der Waals surface area (Å²) in [5.41, 5.74) is 1.11. The molecule has 0 N–H and O–H groups in total. The van der Waals surface area contributed by atoms with Gasteiger partial charge in [0.25, 0.3) is 0 Å². The summed E-state index contributed by atoms with van der Waals surface area (Å²) in [5.74, 6) is 1.33. The number of amides is 1. The van der Waals surface area contributed by atoms with Crippen LogP contribution in [0.5, 0.6) is 0 Å². The lowest BCUT2D eigenvalue weighted by Gasteiger charge is -2.37. The Labute approximate surface area is 157 Å². The average Bonchev–Trinajstić information content (AvgIpc) is 3.27. The predicted octanol–water partition coefficient (Wildman–Crippen LogP) is 1.54. The van der Waals surface area contributed by atoms with Crippen LogP contribution in [0.15, 0.2) is 29.0 Å². The van der Waals surface area contributed by atoms with Gasteiger partial charge in [-0.1, -0.05) is 5.16 Å². The Bertz CT molecular complexity index is 766. The van der Waals surface area contributed by atoms with Crippen molar-refractivity contribution in [2.75, 3.05) is 19.8 Å². The van der Waals surface area contributed by atoms with E-state index in [9.17, 15) is 4.79 Å². The van der Waals surface area contributed by atoms with Crippen LogP contribution in [0.2, 0.25) is 0 Å². The Morgan fingerprint density at radius 3 is 2.96 bits per heavy atom. The van der Waals surface area contributed by atoms with Crippen molar-refractivity contribution >= 4 is 5.91 Å². The first kappa shape index (κ1) is 18.1. The molecule has 1 saturated carbocycles. The number of aryl methyl sites for hydroxylation is 1. The number of aromatic nitrogens is 3. The van der Waals surface area contributed by atoms with Gasteiger partial charge in [-0.2, -0.15) is 4.98 Å². The SMILES string of the molecule is Cc1noc(CC(=O)N2CCO[C@@H]3C[C@H](COCc4ccncc4)C[C@H]32)n1. The molecule has 0 radical (unpaired) electrons. The van der Waals surface area contributed by atoms with Crippen molar-refractivity contribution < 1.29 is 18.8 Å². The second kappa shape index (κ2) is 8.14. The van der Waals surface area contributed by atoms with E-state index in [1.807, 2.05) is 17.0 Å². The molecule has 1 aliphatic heterocycles. The van der Waals surface area contributed by atoms with Crippen LogP contribution in [0.25, 0.3) is 0 Å². The molecule has 1 saturated heterocycles. The molecule has 0 bridgehead atoms. The van der Waals surface area contributed by atoms with Gasteiger partial charge < -0.3 is 18.9 Å². The number of hydrogen-bond donors (Lipinski definition) is 0. The third-order valence-corrected chi connectivity index (χ3v) is 5.20. The van der Waals surface area contributed by atoms with E-state index in [-0.39, 0.29) is 24.5 Å². The van der Waals surface area contributed by atoms with Gasteiger partial charge in [0.2, 0.25) is 11.8 Å². The lowest BCUT2D eigenvalue weighted by atomic mass is 10.1. The number of carbonyl (C=O) groups is 1. The van der Waals surface area contributed by atoms with Gasteiger partial charge in [0.15, 0.2) is 5.82 Å². The van der Waals surface area contributed by atoms with E-state index in [1.54, 1.807) is 19.3 Å². The molecule has 2 aliphatic rings. The van der Waals surface area contributed by atoms with Crippen LogP contribution in [-0.4, -0.2) is 57.8 Å². The van der Waals surface area contributed by atoms with E-state index in [0.29, 0.717) is 44.0 Å². The molecule has 2 fully saturated rings. The van der Waals surface area contributed by atoms with Crippen LogP contribution in [0.3, 0.4) is 0 Å². The Morgan fingerprint density at radius 1 is 1.33 bits per heavy atom. The zero-order chi connectivity index (χ0) is 18.6. The molecule has 0 spiro atoms. The lowest BCUT2D eigenvalue weighted by molar-refractivity contribution is -0.143. The second-order valence-electron chi connectivity index (χ2n) is 7.18. The molecule has 3 heterocycles. The zero-order valence-electron chi connectivity index (χ0n) is 15.4. The molecule has 0 unspecified atom stereocenters. The van der Waals surface area contributed by atoms with Crippen LogP contribution in [0.1, 0.15) is 30.1 Å². The van der Waals surface area contributed by atoms with Crippen LogP contribution in [-0.2, 0) is 27.3 Å². The molecule has 4 rings (SSSR count). The van der Waals surface area contributed by atoms with Gasteiger partial charge >= 0.3 is 0 Å². The van der Waals surface area contributed by atoms with E-state index < -0.39 is 0 Å². The van der Waals surface area contributed by atoms with Gasteiger partial charge in [-0.15, -0.1) is 0 Å². The highest BCUT2D eigenvalue weighted by Crippen LogP contribution is 2.34. The molecular weight excluding hydrogens is 348 g/mol. The summed E-state index contributed by atoms with van der Waals surface area (Å²) in [6, 6.07) is 4.01. The highest BCUT2D eigenvalue weighted by Gasteiger charge is 2.42. The summed E-state index contributed by atoms with van der Waals surface area (Å²) in [5, 5.41) is 3.75. The number of nitrogens with zero attached hydrogens (tertiary/aromatic N) is 4. The Morgan fingerprint density at radius 2 is 2.19 bits per heavy atom. The molecule has 0 aromatic carbocycles. The molecule has 2 aromatic heterocycles. The zero-order valence-corrected chi connectivity index (χ0v) is 15.4. The number of hydrogen-bond acceptors (Lipinski definition) is 7. The van der Waals surface area contributed by atoms with Gasteiger partial charge in [-0.05, 0) is 43.4 Å². The predicted molar refractivity (Wildman–Crippen MR) is 94.6 cm³/mol. The van der Waals surface area contributed by atoms with Crippen molar-refractivity contribution in [3.8, 4) is 0 Å². The summed E-state index contributed by atoms with van der Waals surface area (Å²) in [7, 11) is 0. The minimum Gasteiger partial charge on any atom is -0.376 e. The van der Waals surface area contributed by atoms with Crippen LogP contribution >= 0.6 is 0 Å². The Hall–Kier alpha value is -2.32. The first-order valence-electron chi connectivity index (χ1n) is 9.36. The van der Waals surface area contributed by atoms with Crippen LogP contribution < -0.4 is 0 Å². The normalized spacial score (nSPS) is 24.8. The van der Waals surface area contributed by atoms with Gasteiger partial charge in [0, 0.05) is 18.9 Å². The van der Waals surface area contributed by atoms with E-state index in [0.717, 1.165) is 18.4 Å². The fourth-order valence-corrected chi connectivity index (χ4v) is 3.96. The van der Waals surface area contributed by atoms with Gasteiger partial charge in [0.05, 0.1) is 32.0 Å². The van der Waals surface area contributed by atoms with Crippen molar-refractivity contribution in [2.24, 2.45) is 5.92 Å². The van der Waals surface area contributed by atoms with Crippen molar-refractivity contribution in [1.82, 2.24) is 20.0 Å². The van der Waals surface area contributed by atoms with E-state index in [2.05, 4.69) is 15.1 Å². The maximum absolute atomic E-state index is 12.7. The smallest absolute Gasteiger partial charge is 0.236 e. The quantitative estimate of drug-likeness (QED) is 0.759. The standard InChI is InChI=1S/C19H24N4O4/c1-13-21-18(27-22-13)10-19(24)23-6-7-26-17-9-15(8-16(17)23)12-25-11-14-2-4-20-5-3-14/h2-5,15-17H,6-12H2,1H3/t15-,16-,17-/m1/s1. The molecule has 3 atom stereocenters. The minimum atomic E-state index is 0.0234. The second-order valence-corrected chi connectivity index (χ2v) is 7.18. The summed E-state index contributed by atoms with van der Waals surface area (Å²) in [4.78, 5) is 22.8. The number of carbonyl (C=O) groups excluding carboxylic acids is 1. The fourth-order valence-electron chi connectivity index (χ4n) is 3.96. The molecular formula is C19H24N4O4. The van der Waals surface area contributed by atoms with Gasteiger partial charge in [-0.3, -0.25) is 9.78 Å². The summed E-state index contributed by atoms with van der Waals surface area (Å²) in [6.07, 6.45) is 5.59. The lowest BCUT2D eigenvalue weighted by Crippen LogP contribution is -2.51. The highest BCUT2D eigenvalue weighted by atomic mass is 16.5. The van der Waals surface area contributed by atoms with Crippen LogP contribution in [0.4, 0.5) is 0 Å². The minimum absolute atomic E-state index is 0.0234. The number of pyridine rings is 1.